The summed E-state index contributed by atoms with van der Waals surface area (Å²) in [5.74, 6) is 0.598. The van der Waals surface area contributed by atoms with Gasteiger partial charge in [-0.05, 0) is 43.9 Å². The van der Waals surface area contributed by atoms with Crippen molar-refractivity contribution in [2.24, 2.45) is 5.92 Å². The van der Waals surface area contributed by atoms with Crippen LogP contribution in [0.25, 0.3) is 10.9 Å². The van der Waals surface area contributed by atoms with Gasteiger partial charge in [-0.15, -0.1) is 0 Å². The molecule has 0 bridgehead atoms. The Morgan fingerprint density at radius 1 is 1.19 bits per heavy atom. The summed E-state index contributed by atoms with van der Waals surface area (Å²) in [4.78, 5) is 26.3. The van der Waals surface area contributed by atoms with Gasteiger partial charge in [-0.25, -0.2) is 4.98 Å². The van der Waals surface area contributed by atoms with Crippen LogP contribution >= 0.6 is 11.3 Å². The third-order valence-corrected chi connectivity index (χ3v) is 7.12. The Kier molecular flexibility index (Phi) is 6.92. The topological polar surface area (TPSA) is 64.3 Å². The molecule has 1 aliphatic heterocycles. The number of nitrogens with zero attached hydrogens (tertiary/aromatic N) is 3. The molecule has 1 aromatic carbocycles. The zero-order valence-electron chi connectivity index (χ0n) is 18.7. The highest BCUT2D eigenvalue weighted by Crippen LogP contribution is 2.25. The first-order valence-electron chi connectivity index (χ1n) is 11.2. The van der Waals surface area contributed by atoms with Gasteiger partial charge in [0.05, 0.1) is 6.20 Å². The fourth-order valence-electron chi connectivity index (χ4n) is 4.10. The Balaban J connectivity index is 1.44. The van der Waals surface area contributed by atoms with Gasteiger partial charge < -0.3 is 20.1 Å². The second kappa shape index (κ2) is 9.83. The van der Waals surface area contributed by atoms with E-state index in [1.54, 1.807) is 6.20 Å². The molecule has 3 heterocycles. The molecule has 1 fully saturated rings. The average molecular weight is 440 g/mol. The standard InChI is InChI=1S/C24H33N5OS/c1-17(2)8-9-19(14-18-15-25-21-7-5-4-6-20(18)21)27-23(30)22-16-26-24(31-22)29-12-10-28(3)11-13-29/h4-7,15-17,19,25H,8-14H2,1-3H3,(H,27,30). The molecule has 31 heavy (non-hydrogen) atoms. The number of fused-ring (bicyclic) bond motifs is 1. The Labute approximate surface area is 188 Å². The van der Waals surface area contributed by atoms with E-state index in [-0.39, 0.29) is 11.9 Å². The molecule has 0 saturated carbocycles. The number of H-pyrrole nitrogens is 1. The number of carbonyl (C=O) groups is 1. The van der Waals surface area contributed by atoms with Crippen molar-refractivity contribution in [1.29, 1.82) is 0 Å². The average Bonchev–Trinajstić information content (AvgIpc) is 3.40. The summed E-state index contributed by atoms with van der Waals surface area (Å²) in [7, 11) is 2.14. The van der Waals surface area contributed by atoms with Crippen LogP contribution in [0.4, 0.5) is 5.13 Å². The third-order valence-electron chi connectivity index (χ3n) is 6.06. The number of benzene rings is 1. The predicted octanol–water partition coefficient (Wildman–Crippen LogP) is 4.15. The second-order valence-corrected chi connectivity index (χ2v) is 10.0. The number of aromatic nitrogens is 2. The number of piperazine rings is 1. The van der Waals surface area contributed by atoms with Crippen LogP contribution in [0.2, 0.25) is 0 Å². The lowest BCUT2D eigenvalue weighted by Crippen LogP contribution is -2.44. The predicted molar refractivity (Wildman–Crippen MR) is 129 cm³/mol. The van der Waals surface area contributed by atoms with Crippen molar-refractivity contribution in [3.05, 3.63) is 47.1 Å². The van der Waals surface area contributed by atoms with Crippen LogP contribution in [-0.2, 0) is 6.42 Å². The SMILES string of the molecule is CC(C)CCC(Cc1c[nH]c2ccccc12)NC(=O)c1cnc(N2CCN(C)CC2)s1. The van der Waals surface area contributed by atoms with Gasteiger partial charge in [-0.3, -0.25) is 4.79 Å². The van der Waals surface area contributed by atoms with Crippen LogP contribution in [-0.4, -0.2) is 60.0 Å². The zero-order valence-corrected chi connectivity index (χ0v) is 19.5. The van der Waals surface area contributed by atoms with Crippen LogP contribution in [0.15, 0.2) is 36.7 Å². The molecule has 0 spiro atoms. The van der Waals surface area contributed by atoms with Crippen molar-refractivity contribution in [3.8, 4) is 0 Å². The van der Waals surface area contributed by atoms with E-state index in [1.807, 2.05) is 6.07 Å². The van der Waals surface area contributed by atoms with Gasteiger partial charge in [0.1, 0.15) is 4.88 Å². The van der Waals surface area contributed by atoms with E-state index < -0.39 is 0 Å². The number of hydrogen-bond acceptors (Lipinski definition) is 5. The third kappa shape index (κ3) is 5.46. The van der Waals surface area contributed by atoms with Crippen molar-refractivity contribution < 1.29 is 4.79 Å². The van der Waals surface area contributed by atoms with Crippen LogP contribution in [0.1, 0.15) is 41.9 Å². The minimum Gasteiger partial charge on any atom is -0.361 e. The molecule has 2 aromatic heterocycles. The highest BCUT2D eigenvalue weighted by atomic mass is 32.1. The van der Waals surface area contributed by atoms with Crippen LogP contribution in [0.5, 0.6) is 0 Å². The maximum atomic E-state index is 13.1. The Bertz CT molecular complexity index is 1000. The Hall–Kier alpha value is -2.38. The summed E-state index contributed by atoms with van der Waals surface area (Å²) in [5, 5.41) is 5.50. The van der Waals surface area contributed by atoms with E-state index in [9.17, 15) is 4.79 Å². The number of carbonyl (C=O) groups excluding carboxylic acids is 1. The lowest BCUT2D eigenvalue weighted by atomic mass is 9.97. The molecule has 1 unspecified atom stereocenters. The van der Waals surface area contributed by atoms with Crippen molar-refractivity contribution in [2.45, 2.75) is 39.2 Å². The number of nitrogens with one attached hydrogen (secondary N) is 2. The fraction of sp³-hybridized carbons (Fsp3) is 0.500. The highest BCUT2D eigenvalue weighted by Gasteiger charge is 2.21. The summed E-state index contributed by atoms with van der Waals surface area (Å²) in [6, 6.07) is 8.45. The van der Waals surface area contributed by atoms with E-state index in [1.165, 1.54) is 22.3 Å². The minimum atomic E-state index is -0.00789. The summed E-state index contributed by atoms with van der Waals surface area (Å²) in [6.07, 6.45) is 6.69. The number of aromatic amines is 1. The van der Waals surface area contributed by atoms with Crippen molar-refractivity contribution in [2.75, 3.05) is 38.1 Å². The smallest absolute Gasteiger partial charge is 0.263 e. The Morgan fingerprint density at radius 3 is 2.74 bits per heavy atom. The summed E-state index contributed by atoms with van der Waals surface area (Å²) >= 11 is 1.50. The molecule has 0 radical (unpaired) electrons. The van der Waals surface area contributed by atoms with Gasteiger partial charge in [0.25, 0.3) is 5.91 Å². The first-order chi connectivity index (χ1) is 15.0. The molecular weight excluding hydrogens is 406 g/mol. The van der Waals surface area contributed by atoms with Gasteiger partial charge in [0.2, 0.25) is 0 Å². The molecule has 6 nitrogen and oxygen atoms in total. The van der Waals surface area contributed by atoms with Crippen LogP contribution in [0.3, 0.4) is 0 Å². The summed E-state index contributed by atoms with van der Waals surface area (Å²) in [6.45, 7) is 8.45. The first kappa shape index (κ1) is 21.8. The molecule has 1 atom stereocenters. The van der Waals surface area contributed by atoms with Crippen molar-refractivity contribution in [1.82, 2.24) is 20.2 Å². The number of para-hydroxylation sites is 1. The normalized spacial score (nSPS) is 16.2. The number of anilines is 1. The lowest BCUT2D eigenvalue weighted by molar-refractivity contribution is 0.0937. The molecule has 166 valence electrons. The fourth-order valence-corrected chi connectivity index (χ4v) is 4.97. The number of amides is 1. The summed E-state index contributed by atoms with van der Waals surface area (Å²) < 4.78 is 0. The van der Waals surface area contributed by atoms with E-state index in [4.69, 9.17) is 0 Å². The second-order valence-electron chi connectivity index (χ2n) is 9.00. The molecule has 7 heteroatoms. The van der Waals surface area contributed by atoms with E-state index in [0.29, 0.717) is 10.8 Å². The highest BCUT2D eigenvalue weighted by molar-refractivity contribution is 7.17. The first-order valence-corrected chi connectivity index (χ1v) is 12.1. The monoisotopic (exact) mass is 439 g/mol. The van der Waals surface area contributed by atoms with Gasteiger partial charge in [0.15, 0.2) is 5.13 Å². The molecular formula is C24H33N5OS. The number of rotatable bonds is 8. The van der Waals surface area contributed by atoms with Gasteiger partial charge >= 0.3 is 0 Å². The number of likely N-dealkylation sites (N-methyl/N-ethyl adjacent to an activating group) is 1. The van der Waals surface area contributed by atoms with Gasteiger partial charge in [-0.1, -0.05) is 43.4 Å². The molecule has 1 amide bonds. The molecule has 4 rings (SSSR count). The van der Waals surface area contributed by atoms with E-state index in [0.717, 1.165) is 56.1 Å². The van der Waals surface area contributed by atoms with Crippen LogP contribution < -0.4 is 10.2 Å². The molecule has 1 saturated heterocycles. The lowest BCUT2D eigenvalue weighted by Gasteiger charge is -2.32. The minimum absolute atomic E-state index is 0.00789. The van der Waals surface area contributed by atoms with E-state index in [2.05, 4.69) is 70.4 Å². The molecule has 0 aliphatic carbocycles. The van der Waals surface area contributed by atoms with E-state index >= 15 is 0 Å². The number of thiazole rings is 1. The zero-order chi connectivity index (χ0) is 21.8. The van der Waals surface area contributed by atoms with Crippen molar-refractivity contribution >= 4 is 33.3 Å². The van der Waals surface area contributed by atoms with Crippen molar-refractivity contribution in [3.63, 3.8) is 0 Å². The van der Waals surface area contributed by atoms with Gasteiger partial charge in [0, 0.05) is 49.3 Å². The molecule has 1 aliphatic rings. The maximum absolute atomic E-state index is 13.1. The molecule has 3 aromatic rings. The maximum Gasteiger partial charge on any atom is 0.263 e. The quantitative estimate of drug-likeness (QED) is 0.553. The summed E-state index contributed by atoms with van der Waals surface area (Å²) in [5.41, 5.74) is 2.40. The van der Waals surface area contributed by atoms with Gasteiger partial charge in [-0.2, -0.15) is 0 Å². The molecule has 2 N–H and O–H groups in total. The number of hydrogen-bond donors (Lipinski definition) is 2. The Morgan fingerprint density at radius 2 is 1.97 bits per heavy atom. The van der Waals surface area contributed by atoms with Crippen LogP contribution in [0, 0.1) is 5.92 Å². The largest absolute Gasteiger partial charge is 0.361 e.